The fourth-order valence-electron chi connectivity index (χ4n) is 2.82. The summed E-state index contributed by atoms with van der Waals surface area (Å²) in [7, 11) is 0. The molecule has 0 saturated carbocycles. The van der Waals surface area contributed by atoms with E-state index in [4.69, 9.17) is 4.74 Å². The molecule has 2 unspecified atom stereocenters. The van der Waals surface area contributed by atoms with Crippen molar-refractivity contribution in [2.45, 2.75) is 25.7 Å². The summed E-state index contributed by atoms with van der Waals surface area (Å²) in [6.45, 7) is 1.05. The van der Waals surface area contributed by atoms with Crippen molar-refractivity contribution in [3.63, 3.8) is 0 Å². The lowest BCUT2D eigenvalue weighted by Crippen LogP contribution is -2.39. The van der Waals surface area contributed by atoms with Gasteiger partial charge in [-0.25, -0.2) is 28.3 Å². The molecular weight excluding hydrogens is 314 g/mol. The fraction of sp³-hybridized carbons (Fsp3) is 0.312. The Morgan fingerprint density at radius 3 is 2.42 bits per heavy atom. The van der Waals surface area contributed by atoms with E-state index in [1.165, 1.54) is 10.8 Å². The number of esters is 1. The van der Waals surface area contributed by atoms with Gasteiger partial charge in [0, 0.05) is 0 Å². The van der Waals surface area contributed by atoms with Crippen LogP contribution in [0.15, 0.2) is 52.1 Å². The van der Waals surface area contributed by atoms with Crippen LogP contribution in [0.1, 0.15) is 24.6 Å². The molecule has 0 bridgehead atoms. The van der Waals surface area contributed by atoms with Crippen molar-refractivity contribution in [3.8, 4) is 0 Å². The van der Waals surface area contributed by atoms with Crippen LogP contribution in [-0.2, 0) is 16.3 Å². The van der Waals surface area contributed by atoms with Crippen LogP contribution in [0.3, 0.4) is 0 Å². The monoisotopic (exact) mass is 331 g/mol. The van der Waals surface area contributed by atoms with Crippen LogP contribution in [0.2, 0.25) is 0 Å². The van der Waals surface area contributed by atoms with Gasteiger partial charge in [0.2, 0.25) is 0 Å². The first-order valence-corrected chi connectivity index (χ1v) is 7.54. The number of nitrogens with zero attached hydrogens (tertiary/aromatic N) is 3. The molecule has 24 heavy (non-hydrogen) atoms. The van der Waals surface area contributed by atoms with Crippen molar-refractivity contribution in [1.29, 1.82) is 0 Å². The molecule has 126 valence electrons. The number of hydrogen-bond donors (Lipinski definition) is 1. The molecule has 0 spiro atoms. The van der Waals surface area contributed by atoms with E-state index in [0.29, 0.717) is 4.57 Å². The van der Waals surface area contributed by atoms with E-state index in [-0.39, 0.29) is 6.61 Å². The van der Waals surface area contributed by atoms with Gasteiger partial charge in [-0.15, -0.1) is 0 Å². The molecule has 0 amide bonds. The molecule has 1 aromatic carbocycles. The van der Waals surface area contributed by atoms with E-state index in [0.717, 1.165) is 10.2 Å². The third-order valence-corrected chi connectivity index (χ3v) is 3.90. The largest absolute Gasteiger partial charge is 0.464 e. The third kappa shape index (κ3) is 2.41. The molecule has 1 aliphatic heterocycles. The summed E-state index contributed by atoms with van der Waals surface area (Å²) in [4.78, 5) is 37.1. The SMILES string of the molecule is CCOC(=O)C1C=CC(c2ccccc2)n2c(=O)n(CO)c(=O)n21. The topological polar surface area (TPSA) is 95.5 Å². The highest BCUT2D eigenvalue weighted by atomic mass is 16.5. The Kier molecular flexibility index (Phi) is 4.22. The van der Waals surface area contributed by atoms with E-state index >= 15 is 0 Å². The van der Waals surface area contributed by atoms with Gasteiger partial charge >= 0.3 is 17.3 Å². The summed E-state index contributed by atoms with van der Waals surface area (Å²) < 4.78 is 7.87. The summed E-state index contributed by atoms with van der Waals surface area (Å²) in [5, 5.41) is 9.33. The molecule has 8 nitrogen and oxygen atoms in total. The second kappa shape index (κ2) is 6.32. The highest BCUT2D eigenvalue weighted by Gasteiger charge is 2.33. The third-order valence-electron chi connectivity index (χ3n) is 3.90. The molecule has 0 aliphatic carbocycles. The van der Waals surface area contributed by atoms with Crippen LogP contribution >= 0.6 is 0 Å². The molecule has 8 heteroatoms. The van der Waals surface area contributed by atoms with E-state index in [1.54, 1.807) is 13.0 Å². The lowest BCUT2D eigenvalue weighted by Gasteiger charge is -2.26. The minimum atomic E-state index is -1.04. The summed E-state index contributed by atoms with van der Waals surface area (Å²) in [6.07, 6.45) is 3.22. The average Bonchev–Trinajstić information content (AvgIpc) is 2.86. The Hall–Kier alpha value is -2.87. The first kappa shape index (κ1) is 16.0. The fourth-order valence-corrected chi connectivity index (χ4v) is 2.82. The van der Waals surface area contributed by atoms with Crippen molar-refractivity contribution >= 4 is 5.97 Å². The van der Waals surface area contributed by atoms with Gasteiger partial charge in [-0.05, 0) is 12.5 Å². The van der Waals surface area contributed by atoms with Crippen LogP contribution in [0.4, 0.5) is 0 Å². The Morgan fingerprint density at radius 2 is 1.79 bits per heavy atom. The molecule has 1 aromatic heterocycles. The number of allylic oxidation sites excluding steroid dienone is 1. The Balaban J connectivity index is 2.22. The zero-order valence-electron chi connectivity index (χ0n) is 13.0. The van der Waals surface area contributed by atoms with Gasteiger partial charge in [-0.3, -0.25) is 0 Å². The molecular formula is C16H17N3O5. The van der Waals surface area contributed by atoms with Gasteiger partial charge in [0.25, 0.3) is 0 Å². The minimum absolute atomic E-state index is 0.158. The molecule has 3 rings (SSSR count). The Labute approximate surface area is 136 Å². The van der Waals surface area contributed by atoms with Crippen molar-refractivity contribution < 1.29 is 14.6 Å². The zero-order valence-corrected chi connectivity index (χ0v) is 13.0. The van der Waals surface area contributed by atoms with Crippen molar-refractivity contribution in [2.24, 2.45) is 0 Å². The van der Waals surface area contributed by atoms with Crippen molar-refractivity contribution in [2.75, 3.05) is 6.61 Å². The van der Waals surface area contributed by atoms with Crippen molar-refractivity contribution in [1.82, 2.24) is 13.9 Å². The number of hydrogen-bond acceptors (Lipinski definition) is 5. The summed E-state index contributed by atoms with van der Waals surface area (Å²) >= 11 is 0. The summed E-state index contributed by atoms with van der Waals surface area (Å²) in [5.74, 6) is -0.633. The Morgan fingerprint density at radius 1 is 1.12 bits per heavy atom. The smallest absolute Gasteiger partial charge is 0.350 e. The highest BCUT2D eigenvalue weighted by Crippen LogP contribution is 2.25. The first-order valence-electron chi connectivity index (χ1n) is 7.54. The second-order valence-electron chi connectivity index (χ2n) is 5.26. The molecule has 0 saturated heterocycles. The normalized spacial score (nSPS) is 19.1. The lowest BCUT2D eigenvalue weighted by atomic mass is 10.0. The molecule has 1 N–H and O–H groups in total. The van der Waals surface area contributed by atoms with Crippen LogP contribution in [0.25, 0.3) is 0 Å². The maximum absolute atomic E-state index is 12.5. The number of aliphatic hydroxyl groups excluding tert-OH is 1. The van der Waals surface area contributed by atoms with Crippen LogP contribution in [0, 0.1) is 0 Å². The number of ether oxygens (including phenoxy) is 1. The van der Waals surface area contributed by atoms with Gasteiger partial charge in [-0.2, -0.15) is 0 Å². The van der Waals surface area contributed by atoms with Crippen LogP contribution < -0.4 is 11.4 Å². The summed E-state index contributed by atoms with van der Waals surface area (Å²) in [5.41, 5.74) is -0.664. The number of fused-ring (bicyclic) bond motifs is 1. The van der Waals surface area contributed by atoms with Gasteiger partial charge in [0.1, 0.15) is 6.73 Å². The van der Waals surface area contributed by atoms with E-state index < -0.39 is 36.2 Å². The van der Waals surface area contributed by atoms with Gasteiger partial charge in [0.05, 0.1) is 12.6 Å². The molecule has 1 aliphatic rings. The first-order chi connectivity index (χ1) is 11.6. The molecule has 2 atom stereocenters. The average molecular weight is 331 g/mol. The maximum Gasteiger partial charge on any atom is 0.350 e. The van der Waals surface area contributed by atoms with Gasteiger partial charge in [0.15, 0.2) is 6.04 Å². The van der Waals surface area contributed by atoms with E-state index in [2.05, 4.69) is 0 Å². The van der Waals surface area contributed by atoms with E-state index in [9.17, 15) is 19.5 Å². The molecule has 0 fully saturated rings. The highest BCUT2D eigenvalue weighted by molar-refractivity contribution is 5.76. The zero-order chi connectivity index (χ0) is 17.3. The summed E-state index contributed by atoms with van der Waals surface area (Å²) in [6, 6.07) is 7.51. The molecule has 0 radical (unpaired) electrons. The standard InChI is InChI=1S/C16H17N3O5/c1-2-24-14(21)13-9-8-12(11-6-4-3-5-7-11)18-15(22)17(10-20)16(23)19(13)18/h3-9,12-13,20H,2,10H2,1H3. The van der Waals surface area contributed by atoms with Crippen LogP contribution in [-0.4, -0.2) is 31.6 Å². The number of carbonyl (C=O) groups excluding carboxylic acids is 1. The predicted octanol–water partition coefficient (Wildman–Crippen LogP) is 0.0247. The molecule has 2 heterocycles. The number of rotatable bonds is 4. The second-order valence-corrected chi connectivity index (χ2v) is 5.26. The van der Waals surface area contributed by atoms with Gasteiger partial charge in [-0.1, -0.05) is 42.5 Å². The Bertz CT molecular complexity index is 891. The van der Waals surface area contributed by atoms with Crippen molar-refractivity contribution in [3.05, 3.63) is 69.0 Å². The van der Waals surface area contributed by atoms with Gasteiger partial charge < -0.3 is 9.84 Å². The quantitative estimate of drug-likeness (QED) is 0.630. The minimum Gasteiger partial charge on any atom is -0.464 e. The predicted molar refractivity (Wildman–Crippen MR) is 84.6 cm³/mol. The lowest BCUT2D eigenvalue weighted by molar-refractivity contribution is -0.146. The molecule has 2 aromatic rings. The van der Waals surface area contributed by atoms with Crippen LogP contribution in [0.5, 0.6) is 0 Å². The number of aliphatic hydroxyl groups is 1. The maximum atomic E-state index is 12.5. The number of carbonyl (C=O) groups is 1. The van der Waals surface area contributed by atoms with E-state index in [1.807, 2.05) is 30.3 Å². The number of benzene rings is 1. The number of aromatic nitrogens is 3.